The van der Waals surface area contributed by atoms with Crippen molar-refractivity contribution in [3.8, 4) is 0 Å². The van der Waals surface area contributed by atoms with Crippen molar-refractivity contribution in [2.45, 2.75) is 13.1 Å². The summed E-state index contributed by atoms with van der Waals surface area (Å²) in [7, 11) is 0. The molecule has 0 bridgehead atoms. The summed E-state index contributed by atoms with van der Waals surface area (Å²) in [4.78, 5) is 14.4. The Balaban J connectivity index is 1.88. The van der Waals surface area contributed by atoms with E-state index in [4.69, 9.17) is 11.6 Å². The Labute approximate surface area is 161 Å². The summed E-state index contributed by atoms with van der Waals surface area (Å²) >= 11 is 6.13. The first kappa shape index (κ1) is 19.6. The number of hydrazone groups is 1. The van der Waals surface area contributed by atoms with Gasteiger partial charge in [-0.2, -0.15) is 18.3 Å². The zero-order chi connectivity index (χ0) is 20.5. The Hall–Kier alpha value is -3.20. The molecule has 6 nitrogen and oxygen atoms in total. The number of benzene rings is 2. The fourth-order valence-electron chi connectivity index (χ4n) is 2.49. The van der Waals surface area contributed by atoms with Crippen LogP contribution in [0, 0.1) is 17.0 Å². The second kappa shape index (κ2) is 7.43. The average Bonchev–Trinajstić information content (AvgIpc) is 2.61. The van der Waals surface area contributed by atoms with Gasteiger partial charge in [0.1, 0.15) is 10.8 Å². The molecule has 0 unspecified atom stereocenters. The first-order valence-electron chi connectivity index (χ1n) is 7.87. The van der Waals surface area contributed by atoms with E-state index in [2.05, 4.69) is 15.5 Å². The van der Waals surface area contributed by atoms with Gasteiger partial charge in [0.2, 0.25) is 0 Å². The van der Waals surface area contributed by atoms with Crippen molar-refractivity contribution < 1.29 is 18.1 Å². The van der Waals surface area contributed by atoms with Crippen molar-refractivity contribution in [1.82, 2.24) is 4.98 Å². The number of nitrogens with zero attached hydrogens (tertiary/aromatic N) is 3. The highest BCUT2D eigenvalue weighted by Crippen LogP contribution is 2.35. The predicted octanol–water partition coefficient (Wildman–Crippen LogP) is 5.57. The topological polar surface area (TPSA) is 80.4 Å². The summed E-state index contributed by atoms with van der Waals surface area (Å²) in [5.41, 5.74) is 2.50. The van der Waals surface area contributed by atoms with Crippen LogP contribution in [-0.4, -0.2) is 16.1 Å². The summed E-state index contributed by atoms with van der Waals surface area (Å²) in [6.07, 6.45) is -3.40. The smallest absolute Gasteiger partial charge is 0.272 e. The molecular formula is C18H12ClF3N4O2. The average molecular weight is 409 g/mol. The van der Waals surface area contributed by atoms with E-state index in [1.807, 2.05) is 25.1 Å². The van der Waals surface area contributed by atoms with E-state index in [1.165, 1.54) is 6.21 Å². The normalized spacial score (nSPS) is 11.9. The maximum Gasteiger partial charge on any atom is 0.416 e. The van der Waals surface area contributed by atoms with Crippen molar-refractivity contribution in [3.63, 3.8) is 0 Å². The molecule has 3 rings (SSSR count). The van der Waals surface area contributed by atoms with Gasteiger partial charge in [-0.05, 0) is 36.8 Å². The van der Waals surface area contributed by atoms with E-state index in [-0.39, 0.29) is 10.8 Å². The molecule has 0 fully saturated rings. The Morgan fingerprint density at radius 3 is 2.64 bits per heavy atom. The van der Waals surface area contributed by atoms with Gasteiger partial charge in [0.25, 0.3) is 5.69 Å². The number of aromatic nitrogens is 1. The third kappa shape index (κ3) is 4.20. The Bertz CT molecular complexity index is 1100. The first-order valence-corrected chi connectivity index (χ1v) is 8.24. The maximum atomic E-state index is 12.7. The summed E-state index contributed by atoms with van der Waals surface area (Å²) in [6.45, 7) is 1.92. The van der Waals surface area contributed by atoms with E-state index < -0.39 is 22.4 Å². The molecule has 144 valence electrons. The molecule has 0 spiro atoms. The second-order valence-electron chi connectivity index (χ2n) is 5.92. The molecule has 3 aromatic rings. The minimum absolute atomic E-state index is 0.172. The van der Waals surface area contributed by atoms with E-state index >= 15 is 0 Å². The molecule has 0 aliphatic rings. The number of halogens is 4. The minimum atomic E-state index is -4.69. The quantitative estimate of drug-likeness (QED) is 0.265. The molecule has 1 N–H and O–H groups in total. The van der Waals surface area contributed by atoms with Crippen LogP contribution in [0.3, 0.4) is 0 Å². The predicted molar refractivity (Wildman–Crippen MR) is 101 cm³/mol. The summed E-state index contributed by atoms with van der Waals surface area (Å²) < 4.78 is 38.2. The van der Waals surface area contributed by atoms with Gasteiger partial charge in [0.15, 0.2) is 0 Å². The summed E-state index contributed by atoms with van der Waals surface area (Å²) in [6, 6.07) is 9.49. The first-order chi connectivity index (χ1) is 13.1. The van der Waals surface area contributed by atoms with Crippen LogP contribution >= 0.6 is 11.6 Å². The van der Waals surface area contributed by atoms with E-state index in [1.54, 1.807) is 6.07 Å². The van der Waals surface area contributed by atoms with Crippen LogP contribution < -0.4 is 5.43 Å². The van der Waals surface area contributed by atoms with Crippen LogP contribution in [0.4, 0.5) is 24.5 Å². The van der Waals surface area contributed by atoms with Crippen LogP contribution in [0.25, 0.3) is 10.9 Å². The third-order valence-electron chi connectivity index (χ3n) is 3.86. The lowest BCUT2D eigenvalue weighted by molar-refractivity contribution is -0.384. The molecule has 1 aromatic heterocycles. The highest BCUT2D eigenvalue weighted by molar-refractivity contribution is 6.32. The number of alkyl halides is 3. The molecule has 0 radical (unpaired) electrons. The van der Waals surface area contributed by atoms with Gasteiger partial charge < -0.3 is 0 Å². The van der Waals surface area contributed by atoms with Crippen LogP contribution in [0.5, 0.6) is 0 Å². The van der Waals surface area contributed by atoms with Crippen molar-refractivity contribution in [3.05, 3.63) is 74.4 Å². The Morgan fingerprint density at radius 1 is 1.21 bits per heavy atom. The van der Waals surface area contributed by atoms with Crippen LogP contribution in [0.15, 0.2) is 47.6 Å². The zero-order valence-electron chi connectivity index (χ0n) is 14.3. The molecule has 28 heavy (non-hydrogen) atoms. The number of aryl methyl sites for hydroxylation is 1. The monoisotopic (exact) mass is 408 g/mol. The number of rotatable bonds is 4. The van der Waals surface area contributed by atoms with Gasteiger partial charge >= 0.3 is 6.18 Å². The molecule has 10 heteroatoms. The Kier molecular flexibility index (Phi) is 5.19. The maximum absolute atomic E-state index is 12.7. The lowest BCUT2D eigenvalue weighted by Crippen LogP contribution is -2.06. The molecule has 0 aliphatic carbocycles. The number of fused-ring (bicyclic) bond motifs is 1. The second-order valence-corrected chi connectivity index (χ2v) is 6.28. The van der Waals surface area contributed by atoms with Gasteiger partial charge in [0.05, 0.1) is 22.2 Å². The van der Waals surface area contributed by atoms with Crippen LogP contribution in [0.2, 0.25) is 5.15 Å². The highest BCUT2D eigenvalue weighted by Gasteiger charge is 2.33. The third-order valence-corrected chi connectivity index (χ3v) is 4.17. The van der Waals surface area contributed by atoms with Crippen molar-refractivity contribution in [2.24, 2.45) is 5.10 Å². The minimum Gasteiger partial charge on any atom is -0.272 e. The lowest BCUT2D eigenvalue weighted by Gasteiger charge is -2.08. The standard InChI is InChI=1S/C18H12ClF3N4O2/c1-10-2-3-11-7-12(17(19)24-15(11)6-10)9-23-25-14-5-4-13(18(20,21)22)8-16(14)26(27)28/h2-9,25H,1H3/b23-9-. The van der Waals surface area contributed by atoms with Crippen LogP contribution in [-0.2, 0) is 6.18 Å². The number of nitro benzene ring substituents is 1. The molecular weight excluding hydrogens is 397 g/mol. The summed E-state index contributed by atoms with van der Waals surface area (Å²) in [5.74, 6) is 0. The van der Waals surface area contributed by atoms with Gasteiger partial charge in [-0.3, -0.25) is 15.5 Å². The fourth-order valence-corrected chi connectivity index (χ4v) is 2.68. The Morgan fingerprint density at radius 2 is 1.96 bits per heavy atom. The molecule has 0 saturated heterocycles. The SMILES string of the molecule is Cc1ccc2cc(/C=N\Nc3ccc(C(F)(F)F)cc3[N+](=O)[O-])c(Cl)nc2c1. The molecule has 0 saturated carbocycles. The van der Waals surface area contributed by atoms with E-state index in [9.17, 15) is 23.3 Å². The lowest BCUT2D eigenvalue weighted by atomic mass is 10.1. The molecule has 0 aliphatic heterocycles. The number of hydrogen-bond donors (Lipinski definition) is 1. The van der Waals surface area contributed by atoms with Crippen molar-refractivity contribution >= 4 is 40.1 Å². The van der Waals surface area contributed by atoms with E-state index in [0.717, 1.165) is 23.1 Å². The zero-order valence-corrected chi connectivity index (χ0v) is 15.0. The molecule has 0 atom stereocenters. The largest absolute Gasteiger partial charge is 0.416 e. The van der Waals surface area contributed by atoms with Gasteiger partial charge in [-0.15, -0.1) is 0 Å². The molecule has 2 aromatic carbocycles. The van der Waals surface area contributed by atoms with E-state index in [0.29, 0.717) is 17.1 Å². The van der Waals surface area contributed by atoms with Gasteiger partial charge in [0, 0.05) is 17.0 Å². The fraction of sp³-hybridized carbons (Fsp3) is 0.111. The van der Waals surface area contributed by atoms with Gasteiger partial charge in [-0.25, -0.2) is 4.98 Å². The van der Waals surface area contributed by atoms with Gasteiger partial charge in [-0.1, -0.05) is 23.7 Å². The number of pyridine rings is 1. The summed E-state index contributed by atoms with van der Waals surface area (Å²) in [5, 5.41) is 15.9. The molecule has 0 amide bonds. The number of nitrogens with one attached hydrogen (secondary N) is 1. The highest BCUT2D eigenvalue weighted by atomic mass is 35.5. The van der Waals surface area contributed by atoms with Crippen LogP contribution in [0.1, 0.15) is 16.7 Å². The van der Waals surface area contributed by atoms with Crippen molar-refractivity contribution in [2.75, 3.05) is 5.43 Å². The number of anilines is 1. The number of hydrogen-bond acceptors (Lipinski definition) is 5. The number of nitro groups is 1. The molecule has 1 heterocycles. The van der Waals surface area contributed by atoms with Crippen molar-refractivity contribution in [1.29, 1.82) is 0 Å².